The van der Waals surface area contributed by atoms with Crippen LogP contribution in [0.2, 0.25) is 0 Å². The van der Waals surface area contributed by atoms with E-state index in [4.69, 9.17) is 0 Å². The molecule has 4 heteroatoms. The van der Waals surface area contributed by atoms with E-state index in [1.807, 2.05) is 17.5 Å². The van der Waals surface area contributed by atoms with E-state index >= 15 is 0 Å². The van der Waals surface area contributed by atoms with E-state index in [0.717, 1.165) is 26.2 Å². The molecule has 20 heavy (non-hydrogen) atoms. The second-order valence-electron chi connectivity index (χ2n) is 6.79. The highest BCUT2D eigenvalue weighted by atomic mass is 32.1. The molecule has 1 aromatic rings. The average Bonchev–Trinajstić information content (AvgIpc) is 2.88. The lowest BCUT2D eigenvalue weighted by Gasteiger charge is -2.38. The molecule has 1 aliphatic heterocycles. The summed E-state index contributed by atoms with van der Waals surface area (Å²) in [6.45, 7) is 13.6. The molecular formula is C16H29N3S. The van der Waals surface area contributed by atoms with Crippen molar-refractivity contribution in [2.45, 2.75) is 53.5 Å². The number of aromatic nitrogens is 1. The van der Waals surface area contributed by atoms with Gasteiger partial charge in [0.15, 0.2) is 5.13 Å². The quantitative estimate of drug-likeness (QED) is 0.862. The predicted octanol–water partition coefficient (Wildman–Crippen LogP) is 3.91. The van der Waals surface area contributed by atoms with Crippen molar-refractivity contribution in [1.82, 2.24) is 10.3 Å². The van der Waals surface area contributed by atoms with Gasteiger partial charge in [0.1, 0.15) is 0 Å². The molecule has 0 amide bonds. The number of thiazole rings is 1. The smallest absolute Gasteiger partial charge is 0.185 e. The van der Waals surface area contributed by atoms with Crippen LogP contribution in [0.4, 0.5) is 5.13 Å². The minimum absolute atomic E-state index is 0.551. The Kier molecular flexibility index (Phi) is 5.44. The third-order valence-corrected chi connectivity index (χ3v) is 5.55. The van der Waals surface area contributed by atoms with Crippen LogP contribution >= 0.6 is 11.3 Å². The van der Waals surface area contributed by atoms with Gasteiger partial charge in [-0.2, -0.15) is 0 Å². The number of anilines is 1. The van der Waals surface area contributed by atoms with Gasteiger partial charge >= 0.3 is 0 Å². The van der Waals surface area contributed by atoms with Gasteiger partial charge in [-0.3, -0.25) is 0 Å². The van der Waals surface area contributed by atoms with E-state index in [2.05, 4.69) is 42.9 Å². The van der Waals surface area contributed by atoms with E-state index in [-0.39, 0.29) is 0 Å². The highest BCUT2D eigenvalue weighted by Gasteiger charge is 2.29. The van der Waals surface area contributed by atoms with Crippen LogP contribution in [-0.2, 0) is 6.54 Å². The molecular weight excluding hydrogens is 266 g/mol. The SMILES string of the molecule is CCC1(C)CCN(c2ncc(CNCC(C)C)s2)CC1. The minimum Gasteiger partial charge on any atom is -0.348 e. The van der Waals surface area contributed by atoms with Gasteiger partial charge in [0.25, 0.3) is 0 Å². The Morgan fingerprint density at radius 2 is 2.10 bits per heavy atom. The standard InChI is InChI=1S/C16H29N3S/c1-5-16(4)6-8-19(9-7-16)15-18-12-14(20-15)11-17-10-13(2)3/h12-13,17H,5-11H2,1-4H3. The van der Waals surface area contributed by atoms with Crippen molar-refractivity contribution in [2.75, 3.05) is 24.5 Å². The third-order valence-electron chi connectivity index (χ3n) is 4.49. The van der Waals surface area contributed by atoms with Crippen molar-refractivity contribution in [3.8, 4) is 0 Å². The summed E-state index contributed by atoms with van der Waals surface area (Å²) in [5.41, 5.74) is 0.551. The second kappa shape index (κ2) is 6.90. The van der Waals surface area contributed by atoms with Crippen LogP contribution in [0.15, 0.2) is 6.20 Å². The summed E-state index contributed by atoms with van der Waals surface area (Å²) in [4.78, 5) is 8.43. The van der Waals surface area contributed by atoms with E-state index in [9.17, 15) is 0 Å². The van der Waals surface area contributed by atoms with E-state index in [1.54, 1.807) is 0 Å². The van der Waals surface area contributed by atoms with Crippen molar-refractivity contribution in [2.24, 2.45) is 11.3 Å². The highest BCUT2D eigenvalue weighted by molar-refractivity contribution is 7.15. The van der Waals surface area contributed by atoms with Gasteiger partial charge in [-0.25, -0.2) is 4.98 Å². The Morgan fingerprint density at radius 1 is 1.40 bits per heavy atom. The molecule has 1 aliphatic rings. The molecule has 114 valence electrons. The number of hydrogen-bond acceptors (Lipinski definition) is 4. The maximum atomic E-state index is 4.62. The van der Waals surface area contributed by atoms with Crippen molar-refractivity contribution in [3.63, 3.8) is 0 Å². The molecule has 3 nitrogen and oxygen atoms in total. The van der Waals surface area contributed by atoms with Gasteiger partial charge < -0.3 is 10.2 Å². The summed E-state index contributed by atoms with van der Waals surface area (Å²) >= 11 is 1.85. The zero-order valence-corrected chi connectivity index (χ0v) is 14.2. The molecule has 0 radical (unpaired) electrons. The number of nitrogens with one attached hydrogen (secondary N) is 1. The largest absolute Gasteiger partial charge is 0.348 e. The zero-order chi connectivity index (χ0) is 14.6. The number of rotatable bonds is 6. The van der Waals surface area contributed by atoms with Crippen molar-refractivity contribution >= 4 is 16.5 Å². The fraction of sp³-hybridized carbons (Fsp3) is 0.812. The summed E-state index contributed by atoms with van der Waals surface area (Å²) in [7, 11) is 0. The van der Waals surface area contributed by atoms with E-state index in [0.29, 0.717) is 11.3 Å². The van der Waals surface area contributed by atoms with Gasteiger partial charge in [-0.15, -0.1) is 11.3 Å². The molecule has 1 fully saturated rings. The van der Waals surface area contributed by atoms with Crippen LogP contribution in [0, 0.1) is 11.3 Å². The molecule has 1 N–H and O–H groups in total. The van der Waals surface area contributed by atoms with Crippen molar-refractivity contribution < 1.29 is 0 Å². The Morgan fingerprint density at radius 3 is 2.70 bits per heavy atom. The lowest BCUT2D eigenvalue weighted by Crippen LogP contribution is -2.38. The van der Waals surface area contributed by atoms with Crippen LogP contribution in [0.3, 0.4) is 0 Å². The highest BCUT2D eigenvalue weighted by Crippen LogP contribution is 2.36. The molecule has 0 saturated carbocycles. The molecule has 1 saturated heterocycles. The molecule has 0 bridgehead atoms. The second-order valence-corrected chi connectivity index (χ2v) is 7.88. The van der Waals surface area contributed by atoms with Gasteiger partial charge in [-0.1, -0.05) is 34.1 Å². The summed E-state index contributed by atoms with van der Waals surface area (Å²) in [6, 6.07) is 0. The summed E-state index contributed by atoms with van der Waals surface area (Å²) in [5, 5.41) is 4.70. The molecule has 0 unspecified atom stereocenters. The number of piperidine rings is 1. The van der Waals surface area contributed by atoms with Gasteiger partial charge in [0.05, 0.1) is 0 Å². The Labute approximate surface area is 127 Å². The molecule has 2 heterocycles. The van der Waals surface area contributed by atoms with Crippen LogP contribution in [-0.4, -0.2) is 24.6 Å². The van der Waals surface area contributed by atoms with E-state index < -0.39 is 0 Å². The summed E-state index contributed by atoms with van der Waals surface area (Å²) in [5.74, 6) is 0.705. The van der Waals surface area contributed by atoms with Crippen LogP contribution in [0.1, 0.15) is 51.8 Å². The first-order valence-electron chi connectivity index (χ1n) is 7.93. The lowest BCUT2D eigenvalue weighted by molar-refractivity contribution is 0.238. The first kappa shape index (κ1) is 15.8. The fourth-order valence-electron chi connectivity index (χ4n) is 2.60. The molecule has 0 atom stereocenters. The first-order chi connectivity index (χ1) is 9.52. The Hall–Kier alpha value is -0.610. The minimum atomic E-state index is 0.551. The molecule has 0 spiro atoms. The van der Waals surface area contributed by atoms with Gasteiger partial charge in [0, 0.05) is 30.7 Å². The molecule has 1 aromatic heterocycles. The Balaban J connectivity index is 1.84. The van der Waals surface area contributed by atoms with Crippen LogP contribution in [0.25, 0.3) is 0 Å². The molecule has 0 aromatic carbocycles. The zero-order valence-electron chi connectivity index (χ0n) is 13.4. The van der Waals surface area contributed by atoms with Gasteiger partial charge in [-0.05, 0) is 30.7 Å². The van der Waals surface area contributed by atoms with Gasteiger partial charge in [0.2, 0.25) is 0 Å². The predicted molar refractivity (Wildman–Crippen MR) is 88.5 cm³/mol. The molecule has 0 aliphatic carbocycles. The number of hydrogen-bond donors (Lipinski definition) is 1. The first-order valence-corrected chi connectivity index (χ1v) is 8.74. The third kappa shape index (κ3) is 4.19. The number of nitrogens with zero attached hydrogens (tertiary/aromatic N) is 2. The average molecular weight is 295 g/mol. The monoisotopic (exact) mass is 295 g/mol. The van der Waals surface area contributed by atoms with Crippen molar-refractivity contribution in [3.05, 3.63) is 11.1 Å². The fourth-order valence-corrected chi connectivity index (χ4v) is 3.53. The normalized spacial score (nSPS) is 18.8. The summed E-state index contributed by atoms with van der Waals surface area (Å²) < 4.78 is 0. The van der Waals surface area contributed by atoms with E-state index in [1.165, 1.54) is 29.3 Å². The Bertz CT molecular complexity index is 406. The maximum Gasteiger partial charge on any atom is 0.185 e. The topological polar surface area (TPSA) is 28.2 Å². The van der Waals surface area contributed by atoms with Crippen molar-refractivity contribution in [1.29, 1.82) is 0 Å². The van der Waals surface area contributed by atoms with Crippen LogP contribution < -0.4 is 10.2 Å². The molecule has 2 rings (SSSR count). The van der Waals surface area contributed by atoms with Crippen LogP contribution in [0.5, 0.6) is 0 Å². The maximum absolute atomic E-state index is 4.62. The lowest BCUT2D eigenvalue weighted by atomic mass is 9.78. The summed E-state index contributed by atoms with van der Waals surface area (Å²) in [6.07, 6.45) is 5.93.